The predicted molar refractivity (Wildman–Crippen MR) is 307 cm³/mol. The second-order valence-electron chi connectivity index (χ2n) is 20.3. The second kappa shape index (κ2) is 16.3. The Morgan fingerprint density at radius 3 is 1.30 bits per heavy atom. The van der Waals surface area contributed by atoms with Gasteiger partial charge in [-0.25, -0.2) is 9.97 Å². The molecule has 0 N–H and O–H groups in total. The number of ether oxygens (including phenoxy) is 1. The quantitative estimate of drug-likeness (QED) is 0.173. The van der Waals surface area contributed by atoms with E-state index >= 15 is 0 Å². The minimum atomic E-state index is -0.618. The summed E-state index contributed by atoms with van der Waals surface area (Å²) >= 11 is 0. The van der Waals surface area contributed by atoms with E-state index in [1.54, 1.807) is 0 Å². The Labute approximate surface area is 440 Å². The molecule has 4 nitrogen and oxygen atoms in total. The van der Waals surface area contributed by atoms with Gasteiger partial charge in [0, 0.05) is 44.3 Å². The monoisotopic (exact) mass is 967 g/mol. The molecule has 0 amide bonds. The van der Waals surface area contributed by atoms with E-state index in [1.165, 1.54) is 71.9 Å². The van der Waals surface area contributed by atoms with Gasteiger partial charge in [0.25, 0.3) is 0 Å². The molecule has 0 radical (unpaired) electrons. The van der Waals surface area contributed by atoms with E-state index in [9.17, 15) is 0 Å². The fourth-order valence-electron chi connectivity index (χ4n) is 13.6. The average Bonchev–Trinajstić information content (AvgIpc) is 4.02. The van der Waals surface area contributed by atoms with Crippen molar-refractivity contribution in [2.24, 2.45) is 0 Å². The molecule has 1 aliphatic heterocycles. The Hall–Kier alpha value is -9.90. The number of benzene rings is 11. The topological polar surface area (TPSA) is 39.9 Å². The molecule has 0 fully saturated rings. The summed E-state index contributed by atoms with van der Waals surface area (Å²) in [6.45, 7) is 0. The van der Waals surface area contributed by atoms with Gasteiger partial charge in [-0.15, -0.1) is 0 Å². The van der Waals surface area contributed by atoms with Crippen molar-refractivity contribution in [1.29, 1.82) is 0 Å². The molecule has 76 heavy (non-hydrogen) atoms. The van der Waals surface area contributed by atoms with Crippen LogP contribution in [-0.4, -0.2) is 14.5 Å². The van der Waals surface area contributed by atoms with Crippen molar-refractivity contribution in [3.05, 3.63) is 317 Å². The Morgan fingerprint density at radius 2 is 0.724 bits per heavy atom. The van der Waals surface area contributed by atoms with Gasteiger partial charge in [-0.1, -0.05) is 231 Å². The van der Waals surface area contributed by atoms with Gasteiger partial charge in [-0.3, -0.25) is 0 Å². The van der Waals surface area contributed by atoms with Gasteiger partial charge in [0.05, 0.1) is 33.3 Å². The van der Waals surface area contributed by atoms with Crippen molar-refractivity contribution in [2.45, 2.75) is 10.8 Å². The summed E-state index contributed by atoms with van der Waals surface area (Å²) in [4.78, 5) is 10.5. The van der Waals surface area contributed by atoms with E-state index in [1.807, 2.05) is 18.2 Å². The van der Waals surface area contributed by atoms with Gasteiger partial charge in [-0.05, 0) is 98.1 Å². The molecule has 16 rings (SSSR count). The minimum absolute atomic E-state index is 0.602. The lowest BCUT2D eigenvalue weighted by Gasteiger charge is -2.51. The molecule has 11 aromatic carbocycles. The minimum Gasteiger partial charge on any atom is -0.457 e. The molecule has 3 heterocycles. The molecule has 2 aromatic heterocycles. The van der Waals surface area contributed by atoms with Gasteiger partial charge >= 0.3 is 0 Å². The SMILES string of the molecule is c1ccc(-c2nc(-c3ccc(-c4cccc5c4-c4ccccc4C54c5ccccc5C5(c6ccccc6Oc6ccccc65)c5ccccc54)cc3)cc(-c3ccc(-n4c5ccccc5c5ccccc54)cc3)n2)cc1. The summed E-state index contributed by atoms with van der Waals surface area (Å²) in [6, 6.07) is 99.3. The van der Waals surface area contributed by atoms with E-state index in [2.05, 4.69) is 259 Å². The van der Waals surface area contributed by atoms with Crippen LogP contribution in [0.15, 0.2) is 273 Å². The molecule has 0 saturated heterocycles. The normalized spacial score (nSPS) is 13.8. The first-order valence-corrected chi connectivity index (χ1v) is 26.1. The fourth-order valence-corrected chi connectivity index (χ4v) is 13.6. The Bertz CT molecular complexity index is 4350. The van der Waals surface area contributed by atoms with E-state index in [4.69, 9.17) is 14.7 Å². The highest BCUT2D eigenvalue weighted by Crippen LogP contribution is 2.67. The first kappa shape index (κ1) is 42.6. The molecule has 354 valence electrons. The first-order chi connectivity index (χ1) is 37.7. The van der Waals surface area contributed by atoms with Crippen molar-refractivity contribution < 1.29 is 4.74 Å². The van der Waals surface area contributed by atoms with Crippen molar-refractivity contribution in [3.8, 4) is 73.3 Å². The summed E-state index contributed by atoms with van der Waals surface area (Å²) in [5, 5.41) is 2.49. The van der Waals surface area contributed by atoms with E-state index in [-0.39, 0.29) is 0 Å². The largest absolute Gasteiger partial charge is 0.457 e. The molecule has 2 aliphatic carbocycles. The third kappa shape index (κ3) is 5.84. The van der Waals surface area contributed by atoms with Crippen molar-refractivity contribution in [3.63, 3.8) is 0 Å². The van der Waals surface area contributed by atoms with Gasteiger partial charge < -0.3 is 9.30 Å². The maximum absolute atomic E-state index is 6.75. The fraction of sp³-hybridized carbons (Fsp3) is 0.0278. The lowest BCUT2D eigenvalue weighted by molar-refractivity contribution is 0.429. The molecular weight excluding hydrogens is 923 g/mol. The summed E-state index contributed by atoms with van der Waals surface area (Å²) in [7, 11) is 0. The Kier molecular flexibility index (Phi) is 9.13. The summed E-state index contributed by atoms with van der Waals surface area (Å²) < 4.78 is 9.10. The van der Waals surface area contributed by atoms with Crippen molar-refractivity contribution in [1.82, 2.24) is 14.5 Å². The second-order valence-corrected chi connectivity index (χ2v) is 20.3. The van der Waals surface area contributed by atoms with Gasteiger partial charge in [0.15, 0.2) is 5.82 Å². The Morgan fingerprint density at radius 1 is 0.303 bits per heavy atom. The van der Waals surface area contributed by atoms with Gasteiger partial charge in [0.1, 0.15) is 11.5 Å². The number of hydrogen-bond donors (Lipinski definition) is 0. The zero-order valence-electron chi connectivity index (χ0n) is 41.2. The number of nitrogens with zero attached hydrogens (tertiary/aromatic N) is 3. The van der Waals surface area contributed by atoms with E-state index in [0.29, 0.717) is 5.82 Å². The van der Waals surface area contributed by atoms with Crippen LogP contribution in [0, 0.1) is 0 Å². The summed E-state index contributed by atoms with van der Waals surface area (Å²) in [5.74, 6) is 2.47. The number of rotatable bonds is 5. The van der Waals surface area contributed by atoms with Crippen LogP contribution in [0.4, 0.5) is 0 Å². The number of aromatic nitrogens is 3. The third-order valence-electron chi connectivity index (χ3n) is 16.6. The van der Waals surface area contributed by atoms with Crippen LogP contribution >= 0.6 is 0 Å². The number of hydrogen-bond acceptors (Lipinski definition) is 3. The van der Waals surface area contributed by atoms with Crippen LogP contribution in [0.2, 0.25) is 0 Å². The third-order valence-corrected chi connectivity index (χ3v) is 16.6. The van der Waals surface area contributed by atoms with E-state index < -0.39 is 10.8 Å². The molecular formula is C72H45N3O. The van der Waals surface area contributed by atoms with Gasteiger partial charge in [-0.2, -0.15) is 0 Å². The zero-order chi connectivity index (χ0) is 50.0. The molecule has 4 heteroatoms. The predicted octanol–water partition coefficient (Wildman–Crippen LogP) is 17.4. The maximum Gasteiger partial charge on any atom is 0.160 e. The molecule has 0 saturated carbocycles. The van der Waals surface area contributed by atoms with Gasteiger partial charge in [0.2, 0.25) is 0 Å². The summed E-state index contributed by atoms with van der Waals surface area (Å²) in [5.41, 5.74) is 21.9. The standard InChI is InChI=1S/C72H45N3O/c1-2-19-49(20-3-1)70-73-63(45-64(74-70)48-41-43-50(44-42-48)75-65-33-14-5-21-52(65)53-22-6-15-34-66(53)75)47-39-37-46(38-40-47)51-24-18-32-62-69(51)54-23-4-7-25-55(54)71(62)56-26-8-10-28-58(56)72(59-29-11-9-27-57(59)71)60-30-12-16-35-67(60)76-68-36-17-13-31-61(68)72/h1-45H. The lowest BCUT2D eigenvalue weighted by Crippen LogP contribution is -2.45. The van der Waals surface area contributed by atoms with Crippen LogP contribution in [0.3, 0.4) is 0 Å². The van der Waals surface area contributed by atoms with Crippen molar-refractivity contribution in [2.75, 3.05) is 0 Å². The number of fused-ring (bicyclic) bond motifs is 18. The molecule has 2 spiro atoms. The maximum atomic E-state index is 6.75. The van der Waals surface area contributed by atoms with Crippen LogP contribution in [0.25, 0.3) is 83.6 Å². The number of para-hydroxylation sites is 4. The molecule has 0 bridgehead atoms. The highest BCUT2D eigenvalue weighted by atomic mass is 16.5. The van der Waals surface area contributed by atoms with Crippen LogP contribution < -0.4 is 4.74 Å². The van der Waals surface area contributed by atoms with E-state index in [0.717, 1.165) is 62.0 Å². The van der Waals surface area contributed by atoms with Crippen molar-refractivity contribution >= 4 is 21.8 Å². The lowest BCUT2D eigenvalue weighted by atomic mass is 9.51. The highest BCUT2D eigenvalue weighted by molar-refractivity contribution is 6.09. The smallest absolute Gasteiger partial charge is 0.160 e. The summed E-state index contributed by atoms with van der Waals surface area (Å²) in [6.07, 6.45) is 0. The average molecular weight is 968 g/mol. The zero-order valence-corrected chi connectivity index (χ0v) is 41.2. The molecule has 0 unspecified atom stereocenters. The molecule has 13 aromatic rings. The first-order valence-electron chi connectivity index (χ1n) is 26.1. The van der Waals surface area contributed by atoms with Crippen LogP contribution in [-0.2, 0) is 10.8 Å². The Balaban J connectivity index is 0.835. The van der Waals surface area contributed by atoms with Crippen LogP contribution in [0.5, 0.6) is 11.5 Å². The van der Waals surface area contributed by atoms with Crippen LogP contribution in [0.1, 0.15) is 44.5 Å². The highest BCUT2D eigenvalue weighted by Gasteiger charge is 2.58. The molecule has 0 atom stereocenters. The molecule has 3 aliphatic rings.